The van der Waals surface area contributed by atoms with Gasteiger partial charge in [-0.25, -0.2) is 4.79 Å². The summed E-state index contributed by atoms with van der Waals surface area (Å²) in [6, 6.07) is 9.22. The molecule has 6 nitrogen and oxygen atoms in total. The summed E-state index contributed by atoms with van der Waals surface area (Å²) in [5, 5.41) is 10.1. The lowest BCUT2D eigenvalue weighted by molar-refractivity contribution is 0.0600. The molecule has 0 saturated heterocycles. The van der Waals surface area contributed by atoms with E-state index in [2.05, 4.69) is 20.3 Å². The smallest absolute Gasteiger partial charge is 0.337 e. The summed E-state index contributed by atoms with van der Waals surface area (Å²) in [6.45, 7) is 0. The number of methoxy groups -OCH3 is 1. The van der Waals surface area contributed by atoms with Crippen molar-refractivity contribution in [3.05, 3.63) is 52.8 Å². The lowest BCUT2D eigenvalue weighted by atomic mass is 10.2. The molecule has 1 aromatic carbocycles. The van der Waals surface area contributed by atoms with Crippen LogP contribution in [0.2, 0.25) is 5.15 Å². The summed E-state index contributed by atoms with van der Waals surface area (Å²) in [4.78, 5) is 23.1. The van der Waals surface area contributed by atoms with E-state index in [0.29, 0.717) is 11.3 Å². The number of rotatable bonds is 3. The minimum absolute atomic E-state index is 0.145. The van der Waals surface area contributed by atoms with Crippen LogP contribution in [-0.2, 0) is 4.74 Å². The minimum Gasteiger partial charge on any atom is -0.465 e. The van der Waals surface area contributed by atoms with Crippen LogP contribution in [0.5, 0.6) is 0 Å². The van der Waals surface area contributed by atoms with Gasteiger partial charge in [0, 0.05) is 5.69 Å². The number of carbonyl (C=O) groups excluding carboxylic acids is 2. The Hall–Kier alpha value is -2.47. The maximum Gasteiger partial charge on any atom is 0.337 e. The summed E-state index contributed by atoms with van der Waals surface area (Å²) in [5.41, 5.74) is 1.07. The zero-order chi connectivity index (χ0) is 14.5. The molecular weight excluding hydrogens is 282 g/mol. The van der Waals surface area contributed by atoms with Crippen LogP contribution in [0.4, 0.5) is 5.69 Å². The van der Waals surface area contributed by atoms with E-state index in [1.165, 1.54) is 19.2 Å². The third-order valence-electron chi connectivity index (χ3n) is 2.43. The number of halogens is 1. The average Bonchev–Trinajstić information content (AvgIpc) is 2.48. The van der Waals surface area contributed by atoms with Crippen LogP contribution in [0, 0.1) is 0 Å². The molecule has 0 saturated carbocycles. The van der Waals surface area contributed by atoms with Gasteiger partial charge in [-0.1, -0.05) is 11.6 Å². The van der Waals surface area contributed by atoms with Gasteiger partial charge in [0.05, 0.1) is 12.7 Å². The van der Waals surface area contributed by atoms with Gasteiger partial charge in [-0.15, -0.1) is 10.2 Å². The highest BCUT2D eigenvalue weighted by Gasteiger charge is 2.09. The summed E-state index contributed by atoms with van der Waals surface area (Å²) in [7, 11) is 1.30. The Kier molecular flexibility index (Phi) is 4.27. The predicted molar refractivity (Wildman–Crippen MR) is 72.8 cm³/mol. The van der Waals surface area contributed by atoms with Gasteiger partial charge in [-0.3, -0.25) is 4.79 Å². The van der Waals surface area contributed by atoms with E-state index in [4.69, 9.17) is 11.6 Å². The number of anilines is 1. The number of ether oxygens (including phenoxy) is 1. The number of esters is 1. The largest absolute Gasteiger partial charge is 0.465 e. The third-order valence-corrected chi connectivity index (χ3v) is 2.63. The number of nitrogens with zero attached hydrogens (tertiary/aromatic N) is 2. The molecule has 0 bridgehead atoms. The van der Waals surface area contributed by atoms with E-state index < -0.39 is 11.9 Å². The topological polar surface area (TPSA) is 81.2 Å². The molecule has 0 radical (unpaired) electrons. The Morgan fingerprint density at radius 3 is 2.35 bits per heavy atom. The fourth-order valence-corrected chi connectivity index (χ4v) is 1.54. The molecule has 0 unspecified atom stereocenters. The first-order chi connectivity index (χ1) is 9.60. The van der Waals surface area contributed by atoms with Crippen LogP contribution in [-0.4, -0.2) is 29.2 Å². The second-order valence-corrected chi connectivity index (χ2v) is 4.15. The number of hydrogen-bond acceptors (Lipinski definition) is 5. The van der Waals surface area contributed by atoms with E-state index >= 15 is 0 Å². The van der Waals surface area contributed by atoms with Crippen molar-refractivity contribution in [1.29, 1.82) is 0 Å². The molecule has 2 aromatic rings. The molecule has 0 atom stereocenters. The Labute approximate surface area is 119 Å². The predicted octanol–water partition coefficient (Wildman–Crippen LogP) is 2.17. The molecule has 1 N–H and O–H groups in total. The van der Waals surface area contributed by atoms with Crippen molar-refractivity contribution >= 4 is 29.2 Å². The average molecular weight is 292 g/mol. The number of benzene rings is 1. The maximum absolute atomic E-state index is 11.9. The second kappa shape index (κ2) is 6.12. The van der Waals surface area contributed by atoms with E-state index in [-0.39, 0.29) is 10.8 Å². The van der Waals surface area contributed by atoms with Crippen LogP contribution in [0.25, 0.3) is 0 Å². The Morgan fingerprint density at radius 1 is 1.10 bits per heavy atom. The molecule has 7 heteroatoms. The summed E-state index contributed by atoms with van der Waals surface area (Å²) in [5.74, 6) is -0.855. The van der Waals surface area contributed by atoms with Gasteiger partial charge in [-0.2, -0.15) is 0 Å². The van der Waals surface area contributed by atoms with Gasteiger partial charge in [-0.05, 0) is 36.4 Å². The Balaban J connectivity index is 2.08. The van der Waals surface area contributed by atoms with E-state index in [1.807, 2.05) is 0 Å². The van der Waals surface area contributed by atoms with Crippen molar-refractivity contribution in [1.82, 2.24) is 10.2 Å². The van der Waals surface area contributed by atoms with Gasteiger partial charge in [0.2, 0.25) is 0 Å². The Bertz CT molecular complexity index is 626. The number of aromatic nitrogens is 2. The van der Waals surface area contributed by atoms with Gasteiger partial charge < -0.3 is 10.1 Å². The monoisotopic (exact) mass is 291 g/mol. The van der Waals surface area contributed by atoms with Gasteiger partial charge in [0.25, 0.3) is 5.91 Å². The second-order valence-electron chi connectivity index (χ2n) is 3.76. The standard InChI is InChI=1S/C13H10ClN3O3/c1-20-13(19)8-2-4-9(5-3-8)15-12(18)10-6-7-11(14)17-16-10/h2-7H,1H3,(H,15,18). The molecule has 20 heavy (non-hydrogen) atoms. The highest BCUT2D eigenvalue weighted by molar-refractivity contribution is 6.29. The Morgan fingerprint density at radius 2 is 1.80 bits per heavy atom. The number of carbonyl (C=O) groups is 2. The van der Waals surface area contributed by atoms with Gasteiger partial charge in [0.1, 0.15) is 0 Å². The summed E-state index contributed by atoms with van der Waals surface area (Å²) in [6.07, 6.45) is 0. The van der Waals surface area contributed by atoms with Crippen molar-refractivity contribution in [3.63, 3.8) is 0 Å². The maximum atomic E-state index is 11.9. The SMILES string of the molecule is COC(=O)c1ccc(NC(=O)c2ccc(Cl)nn2)cc1. The molecule has 0 aliphatic heterocycles. The van der Waals surface area contributed by atoms with E-state index in [9.17, 15) is 9.59 Å². The minimum atomic E-state index is -0.438. The zero-order valence-corrected chi connectivity index (χ0v) is 11.2. The lowest BCUT2D eigenvalue weighted by Gasteiger charge is -2.05. The first kappa shape index (κ1) is 14.0. The highest BCUT2D eigenvalue weighted by Crippen LogP contribution is 2.12. The fraction of sp³-hybridized carbons (Fsp3) is 0.0769. The molecule has 0 fully saturated rings. The van der Waals surface area contributed by atoms with Crippen LogP contribution in [0.1, 0.15) is 20.8 Å². The molecule has 1 amide bonds. The molecule has 0 aliphatic rings. The van der Waals surface area contributed by atoms with Crippen molar-refractivity contribution in [2.75, 3.05) is 12.4 Å². The molecule has 2 rings (SSSR count). The van der Waals surface area contributed by atoms with E-state index in [1.54, 1.807) is 24.3 Å². The summed E-state index contributed by atoms with van der Waals surface area (Å²) < 4.78 is 4.58. The van der Waals surface area contributed by atoms with E-state index in [0.717, 1.165) is 0 Å². The van der Waals surface area contributed by atoms with Crippen LogP contribution >= 0.6 is 11.6 Å². The third kappa shape index (κ3) is 3.30. The molecule has 1 heterocycles. The molecule has 1 aromatic heterocycles. The summed E-state index contributed by atoms with van der Waals surface area (Å²) >= 11 is 5.59. The zero-order valence-electron chi connectivity index (χ0n) is 10.5. The fourth-order valence-electron chi connectivity index (χ4n) is 1.44. The van der Waals surface area contributed by atoms with Crippen LogP contribution in [0.15, 0.2) is 36.4 Å². The number of amides is 1. The molecule has 0 spiro atoms. The van der Waals surface area contributed by atoms with Crippen LogP contribution < -0.4 is 5.32 Å². The first-order valence-corrected chi connectivity index (χ1v) is 5.97. The van der Waals surface area contributed by atoms with Crippen LogP contribution in [0.3, 0.4) is 0 Å². The van der Waals surface area contributed by atoms with Crippen molar-refractivity contribution in [2.24, 2.45) is 0 Å². The van der Waals surface area contributed by atoms with Crippen molar-refractivity contribution < 1.29 is 14.3 Å². The molecule has 0 aliphatic carbocycles. The molecular formula is C13H10ClN3O3. The number of hydrogen-bond donors (Lipinski definition) is 1. The number of nitrogens with one attached hydrogen (secondary N) is 1. The van der Waals surface area contributed by atoms with Gasteiger partial charge in [0.15, 0.2) is 10.8 Å². The normalized spacial score (nSPS) is 9.90. The van der Waals surface area contributed by atoms with Gasteiger partial charge >= 0.3 is 5.97 Å². The molecule has 102 valence electrons. The van der Waals surface area contributed by atoms with Crippen molar-refractivity contribution in [2.45, 2.75) is 0 Å². The lowest BCUT2D eigenvalue weighted by Crippen LogP contribution is -2.14. The highest BCUT2D eigenvalue weighted by atomic mass is 35.5. The van der Waals surface area contributed by atoms with Crippen molar-refractivity contribution in [3.8, 4) is 0 Å². The quantitative estimate of drug-likeness (QED) is 0.877. The first-order valence-electron chi connectivity index (χ1n) is 5.59.